The third kappa shape index (κ3) is 2.19. The lowest BCUT2D eigenvalue weighted by molar-refractivity contribution is 0.595. The van der Waals surface area contributed by atoms with Crippen molar-refractivity contribution >= 4 is 15.5 Å². The maximum absolute atomic E-state index is 13.0. The fourth-order valence-electron chi connectivity index (χ4n) is 2.18. The van der Waals surface area contributed by atoms with Gasteiger partial charge in [-0.05, 0) is 44.2 Å². The minimum Gasteiger partial charge on any atom is -0.233 e. The van der Waals surface area contributed by atoms with E-state index in [0.717, 1.165) is 17.8 Å². The van der Waals surface area contributed by atoms with Gasteiger partial charge in [0, 0.05) is 11.4 Å². The molecule has 0 atom stereocenters. The third-order valence-electron chi connectivity index (χ3n) is 3.16. The molecule has 0 N–H and O–H groups in total. The van der Waals surface area contributed by atoms with Crippen LogP contribution >= 0.6 is 0 Å². The number of aromatic nitrogens is 3. The summed E-state index contributed by atoms with van der Waals surface area (Å²) in [5.74, 6) is -0.487. The zero-order chi connectivity index (χ0) is 15.2. The normalized spacial score (nSPS) is 12.0. The van der Waals surface area contributed by atoms with Crippen LogP contribution in [0.3, 0.4) is 0 Å². The minimum atomic E-state index is -3.79. The molecule has 21 heavy (non-hydrogen) atoms. The number of nitrogens with zero attached hydrogens (tertiary/aromatic N) is 3. The quantitative estimate of drug-likeness (QED) is 0.682. The van der Waals surface area contributed by atoms with Crippen molar-refractivity contribution in [1.29, 1.82) is 0 Å². The van der Waals surface area contributed by atoms with E-state index in [-0.39, 0.29) is 15.4 Å². The number of rotatable bonds is 2. The largest absolute Gasteiger partial charge is 0.233 e. The molecule has 0 fully saturated rings. The molecule has 5 nitrogen and oxygen atoms in total. The van der Waals surface area contributed by atoms with Gasteiger partial charge >= 0.3 is 0 Å². The number of aryl methyl sites for hydroxylation is 2. The number of hydrogen-bond donors (Lipinski definition) is 0. The molecule has 2 aromatic heterocycles. The lowest BCUT2D eigenvalue weighted by atomic mass is 10.3. The zero-order valence-electron chi connectivity index (χ0n) is 11.4. The Morgan fingerprint density at radius 3 is 2.48 bits per heavy atom. The Morgan fingerprint density at radius 2 is 1.81 bits per heavy atom. The fourth-order valence-corrected chi connectivity index (χ4v) is 3.49. The molecule has 0 radical (unpaired) electrons. The number of fused-ring (bicyclic) bond motifs is 1. The van der Waals surface area contributed by atoms with Crippen LogP contribution in [0, 0.1) is 19.7 Å². The first-order valence-electron chi connectivity index (χ1n) is 6.22. The number of hydrogen-bond acceptors (Lipinski definition) is 4. The van der Waals surface area contributed by atoms with E-state index in [1.54, 1.807) is 6.92 Å². The maximum Gasteiger partial charge on any atom is 0.211 e. The lowest BCUT2D eigenvalue weighted by Gasteiger charge is -2.04. The Morgan fingerprint density at radius 1 is 1.14 bits per heavy atom. The van der Waals surface area contributed by atoms with Crippen LogP contribution < -0.4 is 0 Å². The average Bonchev–Trinajstić information content (AvgIpc) is 2.83. The van der Waals surface area contributed by atoms with Crippen molar-refractivity contribution in [3.8, 4) is 0 Å². The van der Waals surface area contributed by atoms with Gasteiger partial charge in [-0.1, -0.05) is 0 Å². The molecule has 0 spiro atoms. The van der Waals surface area contributed by atoms with Crippen LogP contribution in [0.2, 0.25) is 0 Å². The van der Waals surface area contributed by atoms with E-state index in [2.05, 4.69) is 10.1 Å². The zero-order valence-corrected chi connectivity index (χ0v) is 12.2. The maximum atomic E-state index is 13.0. The van der Waals surface area contributed by atoms with Gasteiger partial charge in [-0.2, -0.15) is 5.10 Å². The molecule has 0 aliphatic rings. The van der Waals surface area contributed by atoms with Crippen LogP contribution in [0.25, 0.3) is 5.65 Å². The summed E-state index contributed by atoms with van der Waals surface area (Å²) in [5, 5.41) is 4.07. The summed E-state index contributed by atoms with van der Waals surface area (Å²) in [6.07, 6.45) is 1.27. The average molecular weight is 305 g/mol. The van der Waals surface area contributed by atoms with Crippen LogP contribution in [-0.4, -0.2) is 23.0 Å². The summed E-state index contributed by atoms with van der Waals surface area (Å²) in [4.78, 5) is 4.28. The Bertz CT molecular complexity index is 931. The van der Waals surface area contributed by atoms with Gasteiger partial charge in [0.1, 0.15) is 10.7 Å². The predicted molar refractivity (Wildman–Crippen MR) is 74.3 cm³/mol. The van der Waals surface area contributed by atoms with Gasteiger partial charge in [-0.3, -0.25) is 0 Å². The fraction of sp³-hybridized carbons (Fsp3) is 0.143. The van der Waals surface area contributed by atoms with Gasteiger partial charge in [0.2, 0.25) is 9.84 Å². The molecule has 2 heterocycles. The Labute approximate surface area is 121 Å². The second-order valence-corrected chi connectivity index (χ2v) is 6.66. The monoisotopic (exact) mass is 305 g/mol. The van der Waals surface area contributed by atoms with Crippen molar-refractivity contribution in [2.24, 2.45) is 0 Å². The Balaban J connectivity index is 2.27. The molecule has 0 unspecified atom stereocenters. The van der Waals surface area contributed by atoms with Crippen molar-refractivity contribution in [2.75, 3.05) is 0 Å². The first-order valence-corrected chi connectivity index (χ1v) is 7.70. The van der Waals surface area contributed by atoms with Crippen LogP contribution in [0.4, 0.5) is 4.39 Å². The summed E-state index contributed by atoms with van der Waals surface area (Å²) in [6.45, 7) is 3.61. The summed E-state index contributed by atoms with van der Waals surface area (Å²) in [6, 6.07) is 6.51. The smallest absolute Gasteiger partial charge is 0.211 e. The number of halogens is 1. The highest BCUT2D eigenvalue weighted by molar-refractivity contribution is 7.91. The lowest BCUT2D eigenvalue weighted by Crippen LogP contribution is -2.04. The van der Waals surface area contributed by atoms with E-state index in [1.165, 1.54) is 22.8 Å². The second kappa shape index (κ2) is 4.63. The highest BCUT2D eigenvalue weighted by Gasteiger charge is 2.24. The minimum absolute atomic E-state index is 0.0137. The standard InChI is InChI=1S/C14H12FN3O2S/c1-9-7-10(2)18-14(17-9)13(8-16-18)21(19,20)12-5-3-11(15)4-6-12/h3-8H,1-2H3. The van der Waals surface area contributed by atoms with Crippen molar-refractivity contribution < 1.29 is 12.8 Å². The summed E-state index contributed by atoms with van der Waals surface area (Å²) >= 11 is 0. The molecule has 0 saturated carbocycles. The van der Waals surface area contributed by atoms with Crippen LogP contribution in [-0.2, 0) is 9.84 Å². The molecule has 108 valence electrons. The second-order valence-electron chi connectivity index (χ2n) is 4.74. The molecule has 0 amide bonds. The van der Waals surface area contributed by atoms with Crippen LogP contribution in [0.1, 0.15) is 11.4 Å². The van der Waals surface area contributed by atoms with Gasteiger partial charge in [0.25, 0.3) is 0 Å². The van der Waals surface area contributed by atoms with Crippen molar-refractivity contribution in [1.82, 2.24) is 14.6 Å². The molecule has 3 rings (SSSR count). The summed E-state index contributed by atoms with van der Waals surface area (Å²) < 4.78 is 39.7. The van der Waals surface area contributed by atoms with E-state index in [4.69, 9.17) is 0 Å². The van der Waals surface area contributed by atoms with Crippen molar-refractivity contribution in [3.05, 3.63) is 53.7 Å². The summed E-state index contributed by atoms with van der Waals surface area (Å²) in [7, 11) is -3.79. The molecule has 3 aromatic rings. The molecule has 0 saturated heterocycles. The van der Waals surface area contributed by atoms with Gasteiger partial charge in [0.05, 0.1) is 11.1 Å². The highest BCUT2D eigenvalue weighted by Crippen LogP contribution is 2.24. The first-order chi connectivity index (χ1) is 9.89. The number of benzene rings is 1. The Hall–Kier alpha value is -2.28. The molecular weight excluding hydrogens is 293 g/mol. The van der Waals surface area contributed by atoms with Crippen LogP contribution in [0.15, 0.2) is 46.3 Å². The molecule has 0 aliphatic heterocycles. The molecular formula is C14H12FN3O2S. The third-order valence-corrected chi connectivity index (χ3v) is 4.92. The number of sulfone groups is 1. The van der Waals surface area contributed by atoms with E-state index in [0.29, 0.717) is 5.69 Å². The predicted octanol–water partition coefficient (Wildman–Crippen LogP) is 2.32. The van der Waals surface area contributed by atoms with Crippen molar-refractivity contribution in [2.45, 2.75) is 23.6 Å². The van der Waals surface area contributed by atoms with Gasteiger partial charge < -0.3 is 0 Å². The molecule has 7 heteroatoms. The molecule has 0 aliphatic carbocycles. The van der Waals surface area contributed by atoms with Gasteiger partial charge in [-0.25, -0.2) is 22.3 Å². The first kappa shape index (κ1) is 13.7. The molecule has 1 aromatic carbocycles. The van der Waals surface area contributed by atoms with E-state index >= 15 is 0 Å². The van der Waals surface area contributed by atoms with Gasteiger partial charge in [-0.15, -0.1) is 0 Å². The summed E-state index contributed by atoms with van der Waals surface area (Å²) in [5.41, 5.74) is 1.77. The van der Waals surface area contributed by atoms with E-state index in [1.807, 2.05) is 13.0 Å². The van der Waals surface area contributed by atoms with Crippen LogP contribution in [0.5, 0.6) is 0 Å². The Kier molecular flexibility index (Phi) is 3.02. The van der Waals surface area contributed by atoms with E-state index in [9.17, 15) is 12.8 Å². The van der Waals surface area contributed by atoms with E-state index < -0.39 is 15.7 Å². The molecule has 0 bridgehead atoms. The SMILES string of the molecule is Cc1cc(C)n2ncc(S(=O)(=O)c3ccc(F)cc3)c2n1. The highest BCUT2D eigenvalue weighted by atomic mass is 32.2. The topological polar surface area (TPSA) is 64.3 Å². The van der Waals surface area contributed by atoms with Gasteiger partial charge in [0.15, 0.2) is 5.65 Å². The van der Waals surface area contributed by atoms with Crippen molar-refractivity contribution in [3.63, 3.8) is 0 Å².